The van der Waals surface area contributed by atoms with Crippen molar-refractivity contribution in [2.45, 2.75) is 88.2 Å². The average Bonchev–Trinajstić information content (AvgIpc) is 4.08. The molecule has 0 saturated carbocycles. The SMILES string of the molecule is CCOc1ccc(-c2ccc(-c3ccc(OCC(C)C)cc3)c3nn(CCCCn4nc5c(-c6ccc(OCC(C)C)cc6)c6c(c(-c7ccc(OCC(C)C)cc7)c5n4)N(C)N(CC(C)C)N6)nc23)cc1. The Balaban J connectivity index is 1.05. The maximum absolute atomic E-state index is 6.13. The molecule has 0 fully saturated rings. The van der Waals surface area contributed by atoms with Gasteiger partial charge < -0.3 is 18.9 Å². The van der Waals surface area contributed by atoms with Gasteiger partial charge in [0.05, 0.1) is 50.9 Å². The van der Waals surface area contributed by atoms with Gasteiger partial charge in [-0.2, -0.15) is 30.0 Å². The highest BCUT2D eigenvalue weighted by atomic mass is 16.5. The lowest BCUT2D eigenvalue weighted by Gasteiger charge is -2.27. The van der Waals surface area contributed by atoms with Crippen LogP contribution in [-0.4, -0.2) is 75.1 Å². The molecule has 0 spiro atoms. The van der Waals surface area contributed by atoms with E-state index in [9.17, 15) is 0 Å². The van der Waals surface area contributed by atoms with Crippen LogP contribution in [0.2, 0.25) is 0 Å². The molecule has 72 heavy (non-hydrogen) atoms. The molecule has 3 heterocycles. The van der Waals surface area contributed by atoms with Gasteiger partial charge >= 0.3 is 0 Å². The molecule has 1 aliphatic heterocycles. The predicted octanol–water partition coefficient (Wildman–Crippen LogP) is 13.5. The first-order valence-electron chi connectivity index (χ1n) is 25.9. The highest BCUT2D eigenvalue weighted by Gasteiger charge is 2.35. The van der Waals surface area contributed by atoms with Gasteiger partial charge in [0.25, 0.3) is 0 Å². The summed E-state index contributed by atoms with van der Waals surface area (Å²) in [7, 11) is 2.13. The van der Waals surface area contributed by atoms with Crippen molar-refractivity contribution in [3.63, 3.8) is 0 Å². The number of hydrogen-bond acceptors (Lipinski definition) is 11. The largest absolute Gasteiger partial charge is 0.494 e. The second-order valence-corrected chi connectivity index (χ2v) is 20.6. The second-order valence-electron chi connectivity index (χ2n) is 20.6. The monoisotopic (exact) mass is 970 g/mol. The molecular formula is C59H71N9O4. The van der Waals surface area contributed by atoms with E-state index >= 15 is 0 Å². The number of aromatic nitrogens is 6. The number of hydrazine groups is 2. The highest BCUT2D eigenvalue weighted by Crippen LogP contribution is 2.52. The number of fused-ring (bicyclic) bond motifs is 3. The zero-order chi connectivity index (χ0) is 50.5. The number of nitrogens with zero attached hydrogens (tertiary/aromatic N) is 8. The van der Waals surface area contributed by atoms with Crippen LogP contribution >= 0.6 is 0 Å². The van der Waals surface area contributed by atoms with Crippen LogP contribution in [0, 0.1) is 23.7 Å². The number of rotatable bonds is 22. The zero-order valence-corrected chi connectivity index (χ0v) is 43.8. The first-order chi connectivity index (χ1) is 34.8. The summed E-state index contributed by atoms with van der Waals surface area (Å²) in [6.07, 6.45) is 1.62. The molecule has 0 saturated heterocycles. The highest BCUT2D eigenvalue weighted by molar-refractivity contribution is 6.14. The van der Waals surface area contributed by atoms with Crippen LogP contribution in [0.5, 0.6) is 23.0 Å². The molecule has 9 rings (SSSR count). The smallest absolute Gasteiger partial charge is 0.123 e. The van der Waals surface area contributed by atoms with Crippen LogP contribution < -0.4 is 29.4 Å². The van der Waals surface area contributed by atoms with Gasteiger partial charge in [0, 0.05) is 35.8 Å². The third-order valence-electron chi connectivity index (χ3n) is 12.5. The standard InChI is InChI=1S/C59H71N9O4/c1-11-69-46-22-14-42(15-23-46)50-30-31-51(43-16-24-47(25-17-43)70-35-39(4)5)55-54(50)60-66(61-55)32-12-13-33-67-62-56-52(44-18-26-48(27-19-44)71-36-40(6)7)58-59(65(10)68(64-58)34-38(2)3)53(57(56)63-67)45-20-28-49(29-21-45)72-37-41(8)9/h14-31,38-41,64H,11-13,32-37H2,1-10H3. The Hall–Kier alpha value is -7.12. The van der Waals surface area contributed by atoms with E-state index in [0.29, 0.717) is 63.2 Å². The summed E-state index contributed by atoms with van der Waals surface area (Å²) >= 11 is 0. The van der Waals surface area contributed by atoms with Crippen LogP contribution in [-0.2, 0) is 13.1 Å². The second kappa shape index (κ2) is 22.1. The lowest BCUT2D eigenvalue weighted by Crippen LogP contribution is -2.41. The average molecular weight is 970 g/mol. The van der Waals surface area contributed by atoms with Gasteiger partial charge in [0.15, 0.2) is 0 Å². The molecule has 0 bridgehead atoms. The summed E-state index contributed by atoms with van der Waals surface area (Å²) in [4.78, 5) is 3.73. The first kappa shape index (κ1) is 49.8. The number of nitrogens with one attached hydrogen (secondary N) is 1. The number of anilines is 2. The van der Waals surface area contributed by atoms with E-state index in [-0.39, 0.29) is 0 Å². The minimum absolute atomic E-state index is 0.414. The molecule has 0 atom stereocenters. The van der Waals surface area contributed by atoms with Crippen LogP contribution in [0.25, 0.3) is 66.6 Å². The number of unbranched alkanes of at least 4 members (excludes halogenated alkanes) is 1. The van der Waals surface area contributed by atoms with Crippen molar-refractivity contribution in [3.05, 3.63) is 109 Å². The normalized spacial score (nSPS) is 12.8. The van der Waals surface area contributed by atoms with E-state index in [2.05, 4.69) is 163 Å². The molecule has 1 aliphatic rings. The van der Waals surface area contributed by atoms with Crippen LogP contribution in [0.3, 0.4) is 0 Å². The lowest BCUT2D eigenvalue weighted by atomic mass is 9.93. The van der Waals surface area contributed by atoms with E-state index < -0.39 is 0 Å². The Morgan fingerprint density at radius 3 is 1.22 bits per heavy atom. The van der Waals surface area contributed by atoms with Crippen LogP contribution in [0.1, 0.15) is 75.2 Å². The van der Waals surface area contributed by atoms with Gasteiger partial charge in [-0.1, -0.05) is 116 Å². The van der Waals surface area contributed by atoms with Gasteiger partial charge in [0.2, 0.25) is 0 Å². The van der Waals surface area contributed by atoms with Crippen molar-refractivity contribution in [2.75, 3.05) is 50.5 Å². The van der Waals surface area contributed by atoms with Crippen molar-refractivity contribution in [1.82, 2.24) is 35.1 Å². The summed E-state index contributed by atoms with van der Waals surface area (Å²) < 4.78 is 24.0. The van der Waals surface area contributed by atoms with E-state index in [4.69, 9.17) is 39.3 Å². The number of hydrogen-bond donors (Lipinski definition) is 1. The quantitative estimate of drug-likeness (QED) is 0.0654. The Morgan fingerprint density at radius 2 is 0.819 bits per heavy atom. The van der Waals surface area contributed by atoms with Crippen LogP contribution in [0.4, 0.5) is 11.4 Å². The van der Waals surface area contributed by atoms with Crippen LogP contribution in [0.15, 0.2) is 109 Å². The Bertz CT molecular complexity index is 3070. The summed E-state index contributed by atoms with van der Waals surface area (Å²) in [6, 6.07) is 37.6. The van der Waals surface area contributed by atoms with E-state index in [1.165, 1.54) is 0 Å². The molecule has 0 unspecified atom stereocenters. The molecule has 2 aromatic heterocycles. The van der Waals surface area contributed by atoms with Gasteiger partial charge in [0.1, 0.15) is 45.1 Å². The van der Waals surface area contributed by atoms with E-state index in [1.54, 1.807) is 0 Å². The lowest BCUT2D eigenvalue weighted by molar-refractivity contribution is 0.271. The number of ether oxygens (including phenoxy) is 4. The van der Waals surface area contributed by atoms with Crippen molar-refractivity contribution in [1.29, 1.82) is 0 Å². The summed E-state index contributed by atoms with van der Waals surface area (Å²) in [5, 5.41) is 25.5. The van der Waals surface area contributed by atoms with E-state index in [0.717, 1.165) is 120 Å². The molecular weight excluding hydrogens is 899 g/mol. The fourth-order valence-corrected chi connectivity index (χ4v) is 9.04. The first-order valence-corrected chi connectivity index (χ1v) is 25.9. The van der Waals surface area contributed by atoms with Gasteiger partial charge in [-0.15, -0.1) is 5.12 Å². The minimum atomic E-state index is 0.414. The Labute approximate surface area is 425 Å². The molecule has 13 nitrogen and oxygen atoms in total. The van der Waals surface area contributed by atoms with Gasteiger partial charge in [-0.05, 0) is 114 Å². The fourth-order valence-electron chi connectivity index (χ4n) is 9.04. The summed E-state index contributed by atoms with van der Waals surface area (Å²) in [5.74, 6) is 5.09. The summed E-state index contributed by atoms with van der Waals surface area (Å²) in [6.45, 7) is 24.1. The van der Waals surface area contributed by atoms with Crippen molar-refractivity contribution >= 4 is 33.4 Å². The molecule has 0 aliphatic carbocycles. The topological polar surface area (TPSA) is 117 Å². The maximum atomic E-state index is 6.13. The molecule has 13 heteroatoms. The number of benzene rings is 6. The molecule has 0 amide bonds. The van der Waals surface area contributed by atoms with E-state index in [1.807, 2.05) is 40.8 Å². The third kappa shape index (κ3) is 11.2. The van der Waals surface area contributed by atoms with Crippen molar-refractivity contribution < 1.29 is 18.9 Å². The molecule has 1 N–H and O–H groups in total. The van der Waals surface area contributed by atoms with Crippen molar-refractivity contribution in [2.24, 2.45) is 23.7 Å². The number of aryl methyl sites for hydroxylation is 2. The van der Waals surface area contributed by atoms with Gasteiger partial charge in [-0.3, -0.25) is 10.4 Å². The molecule has 376 valence electrons. The zero-order valence-electron chi connectivity index (χ0n) is 43.8. The van der Waals surface area contributed by atoms with Gasteiger partial charge in [-0.25, -0.2) is 0 Å². The molecule has 8 aromatic rings. The maximum Gasteiger partial charge on any atom is 0.123 e. The fraction of sp³-hybridized carbons (Fsp3) is 0.390. The Morgan fingerprint density at radius 1 is 0.444 bits per heavy atom. The molecule has 6 aromatic carbocycles. The minimum Gasteiger partial charge on any atom is -0.494 e. The summed E-state index contributed by atoms with van der Waals surface area (Å²) in [5.41, 5.74) is 17.5. The Kier molecular flexibility index (Phi) is 15.3. The van der Waals surface area contributed by atoms with Crippen molar-refractivity contribution in [3.8, 4) is 67.5 Å². The third-order valence-corrected chi connectivity index (χ3v) is 12.5. The predicted molar refractivity (Wildman–Crippen MR) is 292 cm³/mol. The molecule has 0 radical (unpaired) electrons.